The fraction of sp³-hybridized carbons (Fsp3) is 0.355. The molecule has 0 aliphatic rings. The third kappa shape index (κ3) is 10.1. The van der Waals surface area contributed by atoms with Crippen LogP contribution in [-0.4, -0.2) is 50.5 Å². The summed E-state index contributed by atoms with van der Waals surface area (Å²) in [6.45, 7) is 2.07. The smallest absolute Gasteiger partial charge is 0.354 e. The van der Waals surface area contributed by atoms with Crippen molar-refractivity contribution in [1.82, 2.24) is 10.2 Å². The van der Waals surface area contributed by atoms with Crippen LogP contribution in [0.15, 0.2) is 72.8 Å². The number of carbonyl (C=O) groups excluding carboxylic acids is 2. The number of hydrogen-bond donors (Lipinski definition) is 1. The van der Waals surface area contributed by atoms with Crippen molar-refractivity contribution in [1.29, 1.82) is 0 Å². The second-order valence-corrected chi connectivity index (χ2v) is 13.0. The molecule has 0 unspecified atom stereocenters. The van der Waals surface area contributed by atoms with Crippen molar-refractivity contribution >= 4 is 50.7 Å². The minimum atomic E-state index is -4.66. The number of alkyl halides is 3. The molecule has 1 N–H and O–H groups in total. The van der Waals surface area contributed by atoms with Gasteiger partial charge in [-0.2, -0.15) is 13.2 Å². The Morgan fingerprint density at radius 3 is 2.25 bits per heavy atom. The molecule has 238 valence electrons. The number of halogens is 5. The lowest BCUT2D eigenvalue weighted by molar-refractivity contribution is -0.141. The Bertz CT molecular complexity index is 1540. The maximum atomic E-state index is 13.8. The van der Waals surface area contributed by atoms with Crippen LogP contribution in [0.4, 0.5) is 18.9 Å². The molecule has 0 bridgehead atoms. The van der Waals surface area contributed by atoms with Gasteiger partial charge in [-0.25, -0.2) is 8.42 Å². The number of nitrogens with zero attached hydrogens (tertiary/aromatic N) is 2. The Labute approximate surface area is 266 Å². The van der Waals surface area contributed by atoms with Gasteiger partial charge < -0.3 is 10.2 Å². The highest BCUT2D eigenvalue weighted by Crippen LogP contribution is 2.32. The Balaban J connectivity index is 1.91. The first kappa shape index (κ1) is 35.2. The summed E-state index contributed by atoms with van der Waals surface area (Å²) in [7, 11) is -3.99. The summed E-state index contributed by atoms with van der Waals surface area (Å²) in [6, 6.07) is 17.2. The van der Waals surface area contributed by atoms with Crippen LogP contribution in [0.5, 0.6) is 0 Å². The summed E-state index contributed by atoms with van der Waals surface area (Å²) in [6.07, 6.45) is -3.08. The van der Waals surface area contributed by atoms with Crippen molar-refractivity contribution in [2.24, 2.45) is 0 Å². The highest BCUT2D eigenvalue weighted by atomic mass is 35.5. The largest absolute Gasteiger partial charge is 0.416 e. The van der Waals surface area contributed by atoms with Gasteiger partial charge in [0.15, 0.2) is 0 Å². The van der Waals surface area contributed by atoms with E-state index in [9.17, 15) is 31.2 Å². The molecule has 0 saturated heterocycles. The second kappa shape index (κ2) is 15.6. The number of carbonyl (C=O) groups is 2. The van der Waals surface area contributed by atoms with Crippen LogP contribution in [0.25, 0.3) is 0 Å². The van der Waals surface area contributed by atoms with Crippen molar-refractivity contribution in [2.75, 3.05) is 23.7 Å². The second-order valence-electron chi connectivity index (χ2n) is 10.3. The quantitative estimate of drug-likeness (QED) is 0.206. The van der Waals surface area contributed by atoms with E-state index in [-0.39, 0.29) is 49.0 Å². The van der Waals surface area contributed by atoms with E-state index < -0.39 is 33.7 Å². The predicted molar refractivity (Wildman–Crippen MR) is 167 cm³/mol. The van der Waals surface area contributed by atoms with Crippen LogP contribution in [0.2, 0.25) is 10.0 Å². The molecule has 44 heavy (non-hydrogen) atoms. The first-order valence-electron chi connectivity index (χ1n) is 13.9. The maximum Gasteiger partial charge on any atom is 0.416 e. The molecule has 3 rings (SSSR count). The minimum absolute atomic E-state index is 0.0101. The van der Waals surface area contributed by atoms with Gasteiger partial charge >= 0.3 is 6.18 Å². The summed E-state index contributed by atoms with van der Waals surface area (Å²) < 4.78 is 65.9. The summed E-state index contributed by atoms with van der Waals surface area (Å²) >= 11 is 12.3. The Morgan fingerprint density at radius 1 is 0.932 bits per heavy atom. The molecule has 7 nitrogen and oxygen atoms in total. The lowest BCUT2D eigenvalue weighted by Gasteiger charge is -2.32. The van der Waals surface area contributed by atoms with Gasteiger partial charge in [0, 0.05) is 32.5 Å². The van der Waals surface area contributed by atoms with Crippen LogP contribution >= 0.6 is 23.2 Å². The molecular formula is C31H34Cl2F3N3O4S. The van der Waals surface area contributed by atoms with Crippen molar-refractivity contribution in [3.63, 3.8) is 0 Å². The molecule has 0 saturated carbocycles. The average Bonchev–Trinajstić information content (AvgIpc) is 2.97. The molecule has 1 atom stereocenters. The number of nitrogens with one attached hydrogen (secondary N) is 1. The monoisotopic (exact) mass is 671 g/mol. The maximum absolute atomic E-state index is 13.8. The molecule has 3 aromatic carbocycles. The van der Waals surface area contributed by atoms with E-state index >= 15 is 0 Å². The molecule has 0 aliphatic heterocycles. The highest BCUT2D eigenvalue weighted by Gasteiger charge is 2.32. The van der Waals surface area contributed by atoms with Crippen LogP contribution in [0, 0.1) is 0 Å². The molecule has 13 heteroatoms. The molecule has 0 fully saturated rings. The Kier molecular flexibility index (Phi) is 12.5. The number of rotatable bonds is 14. The first-order valence-corrected chi connectivity index (χ1v) is 16.5. The van der Waals surface area contributed by atoms with Gasteiger partial charge in [-0.05, 0) is 54.3 Å². The van der Waals surface area contributed by atoms with Crippen LogP contribution in [-0.2, 0) is 38.8 Å². The lowest BCUT2D eigenvalue weighted by Crippen LogP contribution is -2.50. The standard InChI is InChI=1S/C31H34Cl2F3N3O4S/c1-3-16-37-30(41)28(19-22-9-5-4-6-10-22)38(21-23-14-15-26(32)27(33)18-23)29(40)13-8-17-39(44(2,42)43)25-12-7-11-24(20-25)31(34,35)36/h4-7,9-12,14-15,18,20,28H,3,8,13,16-17,19,21H2,1-2H3,(H,37,41)/t28-/m0/s1. The summed E-state index contributed by atoms with van der Waals surface area (Å²) in [5, 5.41) is 3.47. The predicted octanol–water partition coefficient (Wildman–Crippen LogP) is 6.72. The zero-order valence-corrected chi connectivity index (χ0v) is 26.6. The third-order valence-corrected chi connectivity index (χ3v) is 8.70. The van der Waals surface area contributed by atoms with E-state index in [0.29, 0.717) is 23.6 Å². The summed E-state index contributed by atoms with van der Waals surface area (Å²) in [4.78, 5) is 28.7. The SMILES string of the molecule is CCCNC(=O)[C@H](Cc1ccccc1)N(Cc1ccc(Cl)c(Cl)c1)C(=O)CCCN(c1cccc(C(F)(F)F)c1)S(C)(=O)=O. The normalized spacial score (nSPS) is 12.4. The molecule has 0 heterocycles. The van der Waals surface area contributed by atoms with Crippen LogP contribution in [0.3, 0.4) is 0 Å². The first-order chi connectivity index (χ1) is 20.7. The van der Waals surface area contributed by atoms with Gasteiger partial charge in [-0.1, -0.05) is 72.6 Å². The summed E-state index contributed by atoms with van der Waals surface area (Å²) in [5.41, 5.74) is 0.289. The number of anilines is 1. The van der Waals surface area contributed by atoms with Crippen molar-refractivity contribution in [3.8, 4) is 0 Å². The van der Waals surface area contributed by atoms with Crippen molar-refractivity contribution in [2.45, 2.75) is 51.4 Å². The van der Waals surface area contributed by atoms with Gasteiger partial charge in [0.05, 0.1) is 27.6 Å². The lowest BCUT2D eigenvalue weighted by atomic mass is 10.0. The van der Waals surface area contributed by atoms with Gasteiger partial charge in [0.25, 0.3) is 0 Å². The minimum Gasteiger partial charge on any atom is -0.354 e. The van der Waals surface area contributed by atoms with Gasteiger partial charge in [0.2, 0.25) is 21.8 Å². The van der Waals surface area contributed by atoms with E-state index in [1.807, 2.05) is 37.3 Å². The van der Waals surface area contributed by atoms with Gasteiger partial charge in [0.1, 0.15) is 6.04 Å². The Hall–Kier alpha value is -3.28. The molecule has 0 radical (unpaired) electrons. The molecule has 3 aromatic rings. The van der Waals surface area contributed by atoms with E-state index in [4.69, 9.17) is 23.2 Å². The highest BCUT2D eigenvalue weighted by molar-refractivity contribution is 7.92. The van der Waals surface area contributed by atoms with Crippen LogP contribution in [0.1, 0.15) is 42.9 Å². The topological polar surface area (TPSA) is 86.8 Å². The Morgan fingerprint density at radius 2 is 1.64 bits per heavy atom. The van der Waals surface area contributed by atoms with Crippen LogP contribution < -0.4 is 9.62 Å². The number of sulfonamides is 1. The fourth-order valence-corrected chi connectivity index (χ4v) is 5.87. The van der Waals surface area contributed by atoms with E-state index in [0.717, 1.165) is 34.3 Å². The number of amides is 2. The van der Waals surface area contributed by atoms with E-state index in [1.54, 1.807) is 18.2 Å². The fourth-order valence-electron chi connectivity index (χ4n) is 4.60. The molecule has 0 spiro atoms. The number of hydrogen-bond acceptors (Lipinski definition) is 4. The van der Waals surface area contributed by atoms with E-state index in [1.165, 1.54) is 11.0 Å². The molecule has 0 aromatic heterocycles. The molecule has 0 aliphatic carbocycles. The third-order valence-electron chi connectivity index (χ3n) is 6.77. The zero-order valence-electron chi connectivity index (χ0n) is 24.3. The summed E-state index contributed by atoms with van der Waals surface area (Å²) in [5.74, 6) is -0.799. The molecule has 2 amide bonds. The zero-order chi connectivity index (χ0) is 32.5. The number of benzene rings is 3. The molecular weight excluding hydrogens is 638 g/mol. The van der Waals surface area contributed by atoms with Gasteiger partial charge in [-0.15, -0.1) is 0 Å². The average molecular weight is 673 g/mol. The van der Waals surface area contributed by atoms with E-state index in [2.05, 4.69) is 5.32 Å². The van der Waals surface area contributed by atoms with Gasteiger partial charge in [-0.3, -0.25) is 13.9 Å². The van der Waals surface area contributed by atoms with Crippen molar-refractivity contribution in [3.05, 3.63) is 99.5 Å². The van der Waals surface area contributed by atoms with Crippen molar-refractivity contribution < 1.29 is 31.2 Å².